The Morgan fingerprint density at radius 3 is 2.41 bits per heavy atom. The van der Waals surface area contributed by atoms with E-state index in [0.717, 1.165) is 22.4 Å². The fraction of sp³-hybridized carbons (Fsp3) is 0.242. The van der Waals surface area contributed by atoms with E-state index < -0.39 is 17.7 Å². The summed E-state index contributed by atoms with van der Waals surface area (Å²) < 4.78 is 7.85. The number of amides is 1. The Balaban J connectivity index is 1.42. The molecule has 1 saturated heterocycles. The highest BCUT2D eigenvalue weighted by Gasteiger charge is 2.45. The monoisotopic (exact) mass is 550 g/mol. The fourth-order valence-corrected chi connectivity index (χ4v) is 5.09. The molecule has 1 atom stereocenters. The van der Waals surface area contributed by atoms with Gasteiger partial charge in [-0.15, -0.1) is 0 Å². The van der Waals surface area contributed by atoms with Gasteiger partial charge in [0.25, 0.3) is 11.7 Å². The van der Waals surface area contributed by atoms with Crippen LogP contribution in [0.25, 0.3) is 5.76 Å². The van der Waals surface area contributed by atoms with E-state index in [1.54, 1.807) is 41.7 Å². The first kappa shape index (κ1) is 27.7. The van der Waals surface area contributed by atoms with Crippen LogP contribution < -0.4 is 9.64 Å². The SMILES string of the molecule is Cc1cccc(COc2ccc(C(O)=C3C(=O)C(=O)N(CCCn4ccnc4)[C@H]3c3ccc(N(C)C)cc3)cc2)c1. The summed E-state index contributed by atoms with van der Waals surface area (Å²) in [5.41, 5.74) is 4.51. The molecule has 0 bridgehead atoms. The average molecular weight is 551 g/mol. The van der Waals surface area contributed by atoms with Gasteiger partial charge < -0.3 is 24.2 Å². The highest BCUT2D eigenvalue weighted by molar-refractivity contribution is 6.46. The van der Waals surface area contributed by atoms with E-state index in [0.29, 0.717) is 37.4 Å². The maximum Gasteiger partial charge on any atom is 0.295 e. The lowest BCUT2D eigenvalue weighted by Crippen LogP contribution is -2.31. The first-order chi connectivity index (χ1) is 19.8. The number of aryl methyl sites for hydroxylation is 2. The third kappa shape index (κ3) is 6.17. The minimum absolute atomic E-state index is 0.0867. The molecule has 4 aromatic rings. The number of hydrogen-bond donors (Lipinski definition) is 1. The van der Waals surface area contributed by atoms with Gasteiger partial charge in [0.05, 0.1) is 17.9 Å². The van der Waals surface area contributed by atoms with Gasteiger partial charge in [0, 0.05) is 50.8 Å². The molecule has 41 heavy (non-hydrogen) atoms. The predicted octanol–water partition coefficient (Wildman–Crippen LogP) is 5.35. The molecular weight excluding hydrogens is 516 g/mol. The van der Waals surface area contributed by atoms with Crippen LogP contribution >= 0.6 is 0 Å². The molecule has 1 amide bonds. The molecule has 0 unspecified atom stereocenters. The van der Waals surface area contributed by atoms with Crippen molar-refractivity contribution in [1.82, 2.24) is 14.5 Å². The summed E-state index contributed by atoms with van der Waals surface area (Å²) in [7, 11) is 3.90. The second-order valence-electron chi connectivity index (χ2n) is 10.4. The van der Waals surface area contributed by atoms with Gasteiger partial charge in [-0.1, -0.05) is 42.0 Å². The first-order valence-corrected chi connectivity index (χ1v) is 13.6. The van der Waals surface area contributed by atoms with Crippen molar-refractivity contribution >= 4 is 23.1 Å². The lowest BCUT2D eigenvalue weighted by Gasteiger charge is -2.26. The van der Waals surface area contributed by atoms with Crippen molar-refractivity contribution in [3.63, 3.8) is 0 Å². The van der Waals surface area contributed by atoms with Crippen LogP contribution in [-0.2, 0) is 22.7 Å². The molecule has 8 nitrogen and oxygen atoms in total. The summed E-state index contributed by atoms with van der Waals surface area (Å²) in [6.07, 6.45) is 5.92. The van der Waals surface area contributed by atoms with Crippen molar-refractivity contribution < 1.29 is 19.4 Å². The summed E-state index contributed by atoms with van der Waals surface area (Å²) in [5, 5.41) is 11.4. The smallest absolute Gasteiger partial charge is 0.295 e. The van der Waals surface area contributed by atoms with Crippen molar-refractivity contribution in [3.05, 3.63) is 119 Å². The number of hydrogen-bond acceptors (Lipinski definition) is 6. The van der Waals surface area contributed by atoms with Crippen molar-refractivity contribution in [3.8, 4) is 5.75 Å². The number of benzene rings is 3. The summed E-state index contributed by atoms with van der Waals surface area (Å²) >= 11 is 0. The Hall–Kier alpha value is -4.85. The molecule has 3 aromatic carbocycles. The Morgan fingerprint density at radius 2 is 1.76 bits per heavy atom. The van der Waals surface area contributed by atoms with Gasteiger partial charge in [-0.25, -0.2) is 4.98 Å². The molecule has 0 radical (unpaired) electrons. The zero-order valence-corrected chi connectivity index (χ0v) is 23.5. The largest absolute Gasteiger partial charge is 0.507 e. The topological polar surface area (TPSA) is 87.9 Å². The molecular formula is C33H34N4O4. The van der Waals surface area contributed by atoms with Gasteiger partial charge in [-0.05, 0) is 60.9 Å². The van der Waals surface area contributed by atoms with Gasteiger partial charge >= 0.3 is 0 Å². The van der Waals surface area contributed by atoms with Gasteiger partial charge in [0.2, 0.25) is 0 Å². The van der Waals surface area contributed by atoms with Crippen molar-refractivity contribution in [2.45, 2.75) is 32.5 Å². The van der Waals surface area contributed by atoms with Crippen LogP contribution in [0, 0.1) is 6.92 Å². The molecule has 210 valence electrons. The minimum Gasteiger partial charge on any atom is -0.507 e. The summed E-state index contributed by atoms with van der Waals surface area (Å²) in [6, 6.07) is 22.0. The number of ether oxygens (including phenoxy) is 1. The summed E-state index contributed by atoms with van der Waals surface area (Å²) in [5.74, 6) is -0.866. The van der Waals surface area contributed by atoms with Gasteiger partial charge in [-0.3, -0.25) is 9.59 Å². The molecule has 1 fully saturated rings. The van der Waals surface area contributed by atoms with Gasteiger partial charge in [0.15, 0.2) is 0 Å². The number of anilines is 1. The van der Waals surface area contributed by atoms with Crippen LogP contribution in [0.2, 0.25) is 0 Å². The molecule has 8 heteroatoms. The summed E-state index contributed by atoms with van der Waals surface area (Å²) in [4.78, 5) is 34.3. The number of nitrogens with zero attached hydrogens (tertiary/aromatic N) is 4. The van der Waals surface area contributed by atoms with E-state index in [-0.39, 0.29) is 11.3 Å². The van der Waals surface area contributed by atoms with Crippen LogP contribution in [0.1, 0.15) is 34.7 Å². The number of aromatic nitrogens is 2. The standard InChI is InChI=1S/C33H34N4O4/c1-23-6-4-7-24(20-23)21-41-28-14-10-26(11-15-28)31(38)29-30(25-8-12-27(13-9-25)35(2)3)37(33(40)32(29)39)18-5-17-36-19-16-34-22-36/h4,6-16,19-20,22,30,38H,5,17-18,21H2,1-3H3/t30-/m0/s1. The molecule has 0 spiro atoms. The lowest BCUT2D eigenvalue weighted by atomic mass is 9.95. The maximum atomic E-state index is 13.4. The zero-order valence-electron chi connectivity index (χ0n) is 23.5. The molecule has 1 aromatic heterocycles. The maximum absolute atomic E-state index is 13.4. The Bertz CT molecular complexity index is 1540. The quantitative estimate of drug-likeness (QED) is 0.163. The lowest BCUT2D eigenvalue weighted by molar-refractivity contribution is -0.139. The van der Waals surface area contributed by atoms with Gasteiger partial charge in [-0.2, -0.15) is 0 Å². The van der Waals surface area contributed by atoms with Crippen LogP contribution in [-0.4, -0.2) is 51.9 Å². The van der Waals surface area contributed by atoms with Crippen LogP contribution in [0.4, 0.5) is 5.69 Å². The number of carbonyl (C=O) groups is 2. The number of imidazole rings is 1. The minimum atomic E-state index is -0.703. The summed E-state index contributed by atoms with van der Waals surface area (Å²) in [6.45, 7) is 3.46. The fourth-order valence-electron chi connectivity index (χ4n) is 5.09. The van der Waals surface area contributed by atoms with E-state index in [4.69, 9.17) is 4.74 Å². The number of carbonyl (C=O) groups excluding carboxylic acids is 2. The average Bonchev–Trinajstić information content (AvgIpc) is 3.58. The highest BCUT2D eigenvalue weighted by Crippen LogP contribution is 2.40. The molecule has 5 rings (SSSR count). The van der Waals surface area contributed by atoms with Crippen molar-refractivity contribution in [2.75, 3.05) is 25.5 Å². The van der Waals surface area contributed by atoms with E-state index >= 15 is 0 Å². The van der Waals surface area contributed by atoms with Crippen LogP contribution in [0.5, 0.6) is 5.75 Å². The van der Waals surface area contributed by atoms with E-state index in [2.05, 4.69) is 11.1 Å². The number of likely N-dealkylation sites (tertiary alicyclic amines) is 1. The molecule has 2 heterocycles. The predicted molar refractivity (Wildman–Crippen MR) is 159 cm³/mol. The van der Waals surface area contributed by atoms with Crippen LogP contribution in [0.3, 0.4) is 0 Å². The first-order valence-electron chi connectivity index (χ1n) is 13.6. The van der Waals surface area contributed by atoms with E-state index in [1.165, 1.54) is 0 Å². The molecule has 1 N–H and O–H groups in total. The van der Waals surface area contributed by atoms with E-state index in [1.807, 2.05) is 79.1 Å². The Labute approximate surface area is 240 Å². The third-order valence-corrected chi connectivity index (χ3v) is 7.26. The second-order valence-corrected chi connectivity index (χ2v) is 10.4. The van der Waals surface area contributed by atoms with Crippen LogP contribution in [0.15, 0.2) is 97.1 Å². The highest BCUT2D eigenvalue weighted by atomic mass is 16.5. The Kier molecular flexibility index (Phi) is 8.19. The molecule has 0 saturated carbocycles. The normalized spacial score (nSPS) is 16.3. The number of Topliss-reactive ketones (excluding diaryl/α,β-unsaturated/α-hetero) is 1. The second kappa shape index (κ2) is 12.1. The van der Waals surface area contributed by atoms with Gasteiger partial charge in [0.1, 0.15) is 18.1 Å². The zero-order chi connectivity index (χ0) is 28.9. The third-order valence-electron chi connectivity index (χ3n) is 7.26. The van der Waals surface area contributed by atoms with Crippen molar-refractivity contribution in [1.29, 1.82) is 0 Å². The van der Waals surface area contributed by atoms with E-state index in [9.17, 15) is 14.7 Å². The van der Waals surface area contributed by atoms with Crippen molar-refractivity contribution in [2.24, 2.45) is 0 Å². The molecule has 1 aliphatic heterocycles. The molecule has 1 aliphatic rings. The Morgan fingerprint density at radius 1 is 1.00 bits per heavy atom. The molecule has 0 aliphatic carbocycles. The number of ketones is 1. The number of rotatable bonds is 10. The number of aliphatic hydroxyl groups is 1. The number of aliphatic hydroxyl groups excluding tert-OH is 1.